The van der Waals surface area contributed by atoms with Crippen LogP contribution < -0.4 is 0 Å². The van der Waals surface area contributed by atoms with Gasteiger partial charge in [-0.2, -0.15) is 0 Å². The summed E-state index contributed by atoms with van der Waals surface area (Å²) >= 11 is 5.76. The number of Topliss-reactive ketones (excluding diaryl/α,β-unsaturated/α-hetero) is 1. The summed E-state index contributed by atoms with van der Waals surface area (Å²) in [5.74, 6) is 0.429. The van der Waals surface area contributed by atoms with E-state index in [0.29, 0.717) is 23.1 Å². The first kappa shape index (κ1) is 13.2. The van der Waals surface area contributed by atoms with E-state index in [2.05, 4.69) is 13.8 Å². The highest BCUT2D eigenvalue weighted by atomic mass is 35.5. The first-order chi connectivity index (χ1) is 7.50. The van der Waals surface area contributed by atoms with Gasteiger partial charge < -0.3 is 4.74 Å². The van der Waals surface area contributed by atoms with Gasteiger partial charge in [0.15, 0.2) is 5.78 Å². The molecule has 0 radical (unpaired) electrons. The van der Waals surface area contributed by atoms with Crippen molar-refractivity contribution in [2.75, 3.05) is 6.61 Å². The van der Waals surface area contributed by atoms with E-state index in [1.165, 1.54) is 0 Å². The Morgan fingerprint density at radius 3 is 2.31 bits per heavy atom. The number of ketones is 1. The Hall–Kier alpha value is -0.860. The van der Waals surface area contributed by atoms with Crippen LogP contribution in [-0.4, -0.2) is 18.5 Å². The second-order valence-corrected chi connectivity index (χ2v) is 4.68. The fourth-order valence-electron chi connectivity index (χ4n) is 1.26. The zero-order valence-electron chi connectivity index (χ0n) is 9.87. The number of hydrogen-bond acceptors (Lipinski definition) is 2. The van der Waals surface area contributed by atoms with Crippen molar-refractivity contribution in [1.29, 1.82) is 0 Å². The number of benzene rings is 1. The molecule has 0 N–H and O–H groups in total. The minimum Gasteiger partial charge on any atom is -0.370 e. The summed E-state index contributed by atoms with van der Waals surface area (Å²) in [6, 6.07) is 6.87. The van der Waals surface area contributed by atoms with Crippen molar-refractivity contribution >= 4 is 17.4 Å². The molecule has 0 aliphatic carbocycles. The number of hydrogen-bond donors (Lipinski definition) is 0. The topological polar surface area (TPSA) is 26.3 Å². The lowest BCUT2D eigenvalue weighted by atomic mass is 10.1. The SMILES string of the molecule is CC(C)COC(C)C(=O)c1ccc(Cl)cc1. The van der Waals surface area contributed by atoms with Gasteiger partial charge in [0.05, 0.1) is 0 Å². The van der Waals surface area contributed by atoms with E-state index in [0.717, 1.165) is 0 Å². The number of halogens is 1. The van der Waals surface area contributed by atoms with E-state index in [4.69, 9.17) is 16.3 Å². The molecule has 1 rings (SSSR count). The Balaban J connectivity index is 2.60. The average Bonchev–Trinajstić information content (AvgIpc) is 2.26. The molecule has 0 saturated heterocycles. The second-order valence-electron chi connectivity index (χ2n) is 4.24. The van der Waals surface area contributed by atoms with Crippen LogP contribution in [0.25, 0.3) is 0 Å². The minimum atomic E-state index is -0.399. The number of rotatable bonds is 5. The maximum absolute atomic E-state index is 11.9. The van der Waals surface area contributed by atoms with Gasteiger partial charge in [0.25, 0.3) is 0 Å². The van der Waals surface area contributed by atoms with Crippen molar-refractivity contribution in [3.05, 3.63) is 34.9 Å². The number of carbonyl (C=O) groups excluding carboxylic acids is 1. The fraction of sp³-hybridized carbons (Fsp3) is 0.462. The molecule has 0 heterocycles. The van der Waals surface area contributed by atoms with Crippen LogP contribution in [0.15, 0.2) is 24.3 Å². The van der Waals surface area contributed by atoms with Gasteiger partial charge in [-0.05, 0) is 37.1 Å². The Morgan fingerprint density at radius 1 is 1.25 bits per heavy atom. The number of ether oxygens (including phenoxy) is 1. The summed E-state index contributed by atoms with van der Waals surface area (Å²) in [5.41, 5.74) is 0.639. The fourth-order valence-corrected chi connectivity index (χ4v) is 1.39. The van der Waals surface area contributed by atoms with Crippen LogP contribution >= 0.6 is 11.6 Å². The minimum absolute atomic E-state index is 0.00248. The lowest BCUT2D eigenvalue weighted by molar-refractivity contribution is 0.0385. The van der Waals surface area contributed by atoms with Gasteiger partial charge in [-0.1, -0.05) is 25.4 Å². The molecule has 1 unspecified atom stereocenters. The van der Waals surface area contributed by atoms with Crippen LogP contribution in [0.1, 0.15) is 31.1 Å². The van der Waals surface area contributed by atoms with Crippen LogP contribution in [0.2, 0.25) is 5.02 Å². The molecule has 0 fully saturated rings. The molecule has 0 amide bonds. The Labute approximate surface area is 102 Å². The molecule has 2 nitrogen and oxygen atoms in total. The first-order valence-electron chi connectivity index (χ1n) is 5.42. The van der Waals surface area contributed by atoms with Crippen molar-refractivity contribution in [2.24, 2.45) is 5.92 Å². The predicted molar refractivity (Wildman–Crippen MR) is 66.0 cm³/mol. The van der Waals surface area contributed by atoms with Gasteiger partial charge in [-0.3, -0.25) is 4.79 Å². The quantitative estimate of drug-likeness (QED) is 0.736. The molecule has 0 aromatic heterocycles. The third-order valence-electron chi connectivity index (χ3n) is 2.18. The van der Waals surface area contributed by atoms with Crippen LogP contribution in [0, 0.1) is 5.92 Å². The van der Waals surface area contributed by atoms with E-state index in [-0.39, 0.29) is 5.78 Å². The molecule has 1 aromatic rings. The molecule has 1 aromatic carbocycles. The molecular weight excluding hydrogens is 224 g/mol. The smallest absolute Gasteiger partial charge is 0.191 e. The monoisotopic (exact) mass is 240 g/mol. The molecule has 0 spiro atoms. The molecule has 88 valence electrons. The summed E-state index contributed by atoms with van der Waals surface area (Å²) in [6.07, 6.45) is -0.399. The van der Waals surface area contributed by atoms with Gasteiger partial charge in [0, 0.05) is 17.2 Å². The zero-order valence-corrected chi connectivity index (χ0v) is 10.6. The van der Waals surface area contributed by atoms with Crippen molar-refractivity contribution in [1.82, 2.24) is 0 Å². The van der Waals surface area contributed by atoms with E-state index < -0.39 is 6.10 Å². The van der Waals surface area contributed by atoms with E-state index in [9.17, 15) is 4.79 Å². The van der Waals surface area contributed by atoms with E-state index in [1.54, 1.807) is 31.2 Å². The summed E-state index contributed by atoms with van der Waals surface area (Å²) in [6.45, 7) is 6.48. The van der Waals surface area contributed by atoms with Crippen LogP contribution in [-0.2, 0) is 4.74 Å². The van der Waals surface area contributed by atoms with Crippen molar-refractivity contribution in [3.63, 3.8) is 0 Å². The van der Waals surface area contributed by atoms with Crippen LogP contribution in [0.3, 0.4) is 0 Å². The van der Waals surface area contributed by atoms with Crippen LogP contribution in [0.5, 0.6) is 0 Å². The predicted octanol–water partition coefficient (Wildman–Crippen LogP) is 3.58. The molecule has 16 heavy (non-hydrogen) atoms. The largest absolute Gasteiger partial charge is 0.370 e. The summed E-state index contributed by atoms with van der Waals surface area (Å²) in [5, 5.41) is 0.632. The van der Waals surface area contributed by atoms with Crippen molar-refractivity contribution in [2.45, 2.75) is 26.9 Å². The van der Waals surface area contributed by atoms with Gasteiger partial charge >= 0.3 is 0 Å². The van der Waals surface area contributed by atoms with Crippen LogP contribution in [0.4, 0.5) is 0 Å². The first-order valence-corrected chi connectivity index (χ1v) is 5.80. The summed E-state index contributed by atoms with van der Waals surface area (Å²) in [7, 11) is 0. The standard InChI is InChI=1S/C13H17ClO2/c1-9(2)8-16-10(3)13(15)11-4-6-12(14)7-5-11/h4-7,9-10H,8H2,1-3H3. The molecule has 0 saturated carbocycles. The number of carbonyl (C=O) groups is 1. The maximum Gasteiger partial charge on any atom is 0.191 e. The van der Waals surface area contributed by atoms with Crippen molar-refractivity contribution < 1.29 is 9.53 Å². The van der Waals surface area contributed by atoms with Gasteiger partial charge in [0.1, 0.15) is 6.10 Å². The highest BCUT2D eigenvalue weighted by Gasteiger charge is 2.15. The highest BCUT2D eigenvalue weighted by molar-refractivity contribution is 6.30. The average molecular weight is 241 g/mol. The molecule has 1 atom stereocenters. The van der Waals surface area contributed by atoms with Crippen molar-refractivity contribution in [3.8, 4) is 0 Å². The summed E-state index contributed by atoms with van der Waals surface area (Å²) < 4.78 is 5.47. The normalized spacial score (nSPS) is 12.8. The maximum atomic E-state index is 11.9. The second kappa shape index (κ2) is 6.02. The molecule has 0 bridgehead atoms. The molecule has 3 heteroatoms. The Morgan fingerprint density at radius 2 is 1.81 bits per heavy atom. The Kier molecular flexibility index (Phi) is 4.97. The van der Waals surface area contributed by atoms with Gasteiger partial charge in [0.2, 0.25) is 0 Å². The highest BCUT2D eigenvalue weighted by Crippen LogP contribution is 2.12. The third kappa shape index (κ3) is 3.95. The third-order valence-corrected chi connectivity index (χ3v) is 2.43. The lowest BCUT2D eigenvalue weighted by Crippen LogP contribution is -2.22. The summed E-state index contributed by atoms with van der Waals surface area (Å²) in [4.78, 5) is 11.9. The molecule has 0 aliphatic rings. The van der Waals surface area contributed by atoms with Gasteiger partial charge in [-0.15, -0.1) is 0 Å². The zero-order chi connectivity index (χ0) is 12.1. The molecule has 0 aliphatic heterocycles. The lowest BCUT2D eigenvalue weighted by Gasteiger charge is -2.13. The van der Waals surface area contributed by atoms with Gasteiger partial charge in [-0.25, -0.2) is 0 Å². The molecular formula is C13H17ClO2. The Bertz CT molecular complexity index is 343. The van der Waals surface area contributed by atoms with E-state index in [1.807, 2.05) is 0 Å². The van der Waals surface area contributed by atoms with E-state index >= 15 is 0 Å².